The summed E-state index contributed by atoms with van der Waals surface area (Å²) in [6.07, 6.45) is 10.3. The van der Waals surface area contributed by atoms with Crippen LogP contribution in [-0.4, -0.2) is 11.8 Å². The summed E-state index contributed by atoms with van der Waals surface area (Å²) in [4.78, 5) is 21.8. The summed E-state index contributed by atoms with van der Waals surface area (Å²) in [7, 11) is 0. The number of hydrogen-bond donors (Lipinski definition) is 1. The van der Waals surface area contributed by atoms with E-state index in [0.717, 1.165) is 6.08 Å². The predicted octanol–water partition coefficient (Wildman–Crippen LogP) is 4.00. The van der Waals surface area contributed by atoms with Gasteiger partial charge in [-0.05, 0) is 39.2 Å². The van der Waals surface area contributed by atoms with E-state index in [-0.39, 0.29) is 11.1 Å². The van der Waals surface area contributed by atoms with Crippen molar-refractivity contribution in [3.8, 4) is 12.3 Å². The lowest BCUT2D eigenvalue weighted by Crippen LogP contribution is -2.22. The fourth-order valence-corrected chi connectivity index (χ4v) is 1.44. The lowest BCUT2D eigenvalue weighted by atomic mass is 10.1. The molecule has 0 bridgehead atoms. The number of carbonyl (C=O) groups is 2. The van der Waals surface area contributed by atoms with Crippen molar-refractivity contribution >= 4 is 11.8 Å². The standard InChI is InChI=1S/C9H6FNO2.C7H14.C2H4/c1-3-6(10)4-7-5(2)8(12)11-9(7)13;1-4-6-7(3)5-2;1-2/h1,4H,2H3,(H,11,12,13);5H,4,6H2,1-3H3;1-2H2/b6-4+;7-5-;. The summed E-state index contributed by atoms with van der Waals surface area (Å²) >= 11 is 0. The molecule has 22 heavy (non-hydrogen) atoms. The molecule has 0 aromatic carbocycles. The third kappa shape index (κ3) is 8.01. The largest absolute Gasteiger partial charge is 0.288 e. The second-order valence-electron chi connectivity index (χ2n) is 4.34. The van der Waals surface area contributed by atoms with Crippen LogP contribution in [0.3, 0.4) is 0 Å². The van der Waals surface area contributed by atoms with E-state index < -0.39 is 17.6 Å². The first-order valence-electron chi connectivity index (χ1n) is 6.89. The summed E-state index contributed by atoms with van der Waals surface area (Å²) in [5, 5.41) is 2.01. The number of rotatable bonds is 3. The molecule has 0 fully saturated rings. The van der Waals surface area contributed by atoms with Crippen molar-refractivity contribution in [2.24, 2.45) is 0 Å². The van der Waals surface area contributed by atoms with Crippen LogP contribution in [-0.2, 0) is 9.59 Å². The van der Waals surface area contributed by atoms with Gasteiger partial charge >= 0.3 is 0 Å². The number of amides is 2. The Morgan fingerprint density at radius 3 is 2.18 bits per heavy atom. The van der Waals surface area contributed by atoms with Crippen molar-refractivity contribution in [1.82, 2.24) is 5.32 Å². The molecule has 2 amide bonds. The number of nitrogens with one attached hydrogen (secondary N) is 1. The maximum absolute atomic E-state index is 12.6. The fourth-order valence-electron chi connectivity index (χ4n) is 1.44. The van der Waals surface area contributed by atoms with Crippen LogP contribution in [0.1, 0.15) is 40.5 Å². The Balaban J connectivity index is 0. The molecule has 0 unspecified atom stereocenters. The lowest BCUT2D eigenvalue weighted by molar-refractivity contribution is -0.124. The second-order valence-corrected chi connectivity index (χ2v) is 4.34. The first-order chi connectivity index (χ1) is 10.4. The zero-order chi connectivity index (χ0) is 17.7. The highest BCUT2D eigenvalue weighted by Crippen LogP contribution is 2.15. The minimum absolute atomic E-state index is 0.0135. The Bertz CT molecular complexity index is 534. The van der Waals surface area contributed by atoms with Crippen LogP contribution in [0.25, 0.3) is 0 Å². The first-order valence-corrected chi connectivity index (χ1v) is 6.89. The van der Waals surface area contributed by atoms with Gasteiger partial charge in [0.1, 0.15) is 0 Å². The summed E-state index contributed by atoms with van der Waals surface area (Å²) in [6.45, 7) is 13.9. The molecule has 4 heteroatoms. The zero-order valence-corrected chi connectivity index (χ0v) is 13.8. The van der Waals surface area contributed by atoms with Crippen molar-refractivity contribution in [3.05, 3.63) is 47.9 Å². The number of carbonyl (C=O) groups excluding carboxylic acids is 2. The van der Waals surface area contributed by atoms with Gasteiger partial charge in [0.2, 0.25) is 0 Å². The van der Waals surface area contributed by atoms with Crippen LogP contribution in [0.5, 0.6) is 0 Å². The normalized spacial score (nSPS) is 14.4. The predicted molar refractivity (Wildman–Crippen MR) is 89.5 cm³/mol. The van der Waals surface area contributed by atoms with E-state index in [1.807, 2.05) is 5.32 Å². The van der Waals surface area contributed by atoms with Gasteiger partial charge in [0.05, 0.1) is 5.57 Å². The number of imide groups is 1. The minimum atomic E-state index is -0.876. The SMILES string of the molecule is C#C/C(F)=C\C1=C(C)C(=O)NC1=O.C/C=C(/C)CCC.C=C. The molecule has 0 spiro atoms. The van der Waals surface area contributed by atoms with Gasteiger partial charge in [0.25, 0.3) is 11.8 Å². The molecule has 0 aliphatic carbocycles. The van der Waals surface area contributed by atoms with E-state index in [1.54, 1.807) is 5.92 Å². The van der Waals surface area contributed by atoms with Gasteiger partial charge in [0.15, 0.2) is 5.83 Å². The molecule has 0 saturated heterocycles. The van der Waals surface area contributed by atoms with Gasteiger partial charge in [-0.25, -0.2) is 0 Å². The Labute approximate surface area is 132 Å². The molecule has 3 nitrogen and oxygen atoms in total. The molecule has 0 saturated carbocycles. The van der Waals surface area contributed by atoms with E-state index in [4.69, 9.17) is 6.42 Å². The van der Waals surface area contributed by atoms with Gasteiger partial charge in [-0.1, -0.05) is 25.0 Å². The number of hydrogen-bond acceptors (Lipinski definition) is 2. The van der Waals surface area contributed by atoms with Gasteiger partial charge in [-0.2, -0.15) is 4.39 Å². The number of allylic oxidation sites excluding steroid dienone is 3. The Morgan fingerprint density at radius 2 is 1.91 bits per heavy atom. The van der Waals surface area contributed by atoms with Crippen molar-refractivity contribution in [2.45, 2.75) is 40.5 Å². The van der Waals surface area contributed by atoms with Crippen molar-refractivity contribution in [2.75, 3.05) is 0 Å². The highest BCUT2D eigenvalue weighted by molar-refractivity contribution is 6.20. The van der Waals surface area contributed by atoms with Gasteiger partial charge < -0.3 is 0 Å². The smallest absolute Gasteiger partial charge is 0.258 e. The van der Waals surface area contributed by atoms with Crippen LogP contribution >= 0.6 is 0 Å². The molecule has 1 aliphatic heterocycles. The number of halogens is 1. The van der Waals surface area contributed by atoms with Gasteiger partial charge in [0, 0.05) is 5.57 Å². The molecule has 1 aliphatic rings. The molecule has 1 N–H and O–H groups in total. The van der Waals surface area contributed by atoms with Crippen LogP contribution in [0.2, 0.25) is 0 Å². The molecule has 120 valence electrons. The van der Waals surface area contributed by atoms with E-state index in [2.05, 4.69) is 40.0 Å². The summed E-state index contributed by atoms with van der Waals surface area (Å²) in [5.74, 6) is -0.290. The molecule has 0 aromatic rings. The second kappa shape index (κ2) is 12.3. The molecule has 1 rings (SSSR count). The highest BCUT2D eigenvalue weighted by atomic mass is 19.1. The molecule has 0 atom stereocenters. The van der Waals surface area contributed by atoms with Crippen molar-refractivity contribution < 1.29 is 14.0 Å². The van der Waals surface area contributed by atoms with Crippen LogP contribution in [0, 0.1) is 12.3 Å². The van der Waals surface area contributed by atoms with E-state index in [0.29, 0.717) is 0 Å². The van der Waals surface area contributed by atoms with Gasteiger partial charge in [-0.3, -0.25) is 14.9 Å². The lowest BCUT2D eigenvalue weighted by Gasteiger charge is -1.91. The minimum Gasteiger partial charge on any atom is -0.288 e. The van der Waals surface area contributed by atoms with Crippen LogP contribution < -0.4 is 5.32 Å². The summed E-state index contributed by atoms with van der Waals surface area (Å²) in [6, 6.07) is 0. The van der Waals surface area contributed by atoms with Crippen molar-refractivity contribution in [1.29, 1.82) is 0 Å². The van der Waals surface area contributed by atoms with E-state index >= 15 is 0 Å². The van der Waals surface area contributed by atoms with E-state index in [1.165, 1.54) is 25.3 Å². The Kier molecular flexibility index (Phi) is 12.3. The number of terminal acetylenes is 1. The molecule has 1 heterocycles. The Morgan fingerprint density at radius 1 is 1.36 bits per heavy atom. The topological polar surface area (TPSA) is 46.2 Å². The maximum Gasteiger partial charge on any atom is 0.258 e. The summed E-state index contributed by atoms with van der Waals surface area (Å²) in [5.41, 5.74) is 1.67. The van der Waals surface area contributed by atoms with Crippen LogP contribution in [0.4, 0.5) is 4.39 Å². The first kappa shape index (κ1) is 21.9. The zero-order valence-electron chi connectivity index (χ0n) is 13.8. The average Bonchev–Trinajstić information content (AvgIpc) is 2.76. The molecule has 0 aromatic heterocycles. The van der Waals surface area contributed by atoms with E-state index in [9.17, 15) is 14.0 Å². The van der Waals surface area contributed by atoms with Crippen LogP contribution in [0.15, 0.2) is 47.9 Å². The van der Waals surface area contributed by atoms with Gasteiger partial charge in [-0.15, -0.1) is 19.6 Å². The maximum atomic E-state index is 12.6. The molecule has 0 radical (unpaired) electrons. The third-order valence-corrected chi connectivity index (χ3v) is 2.76. The fraction of sp³-hybridized carbons (Fsp3) is 0.333. The molecular formula is C18H24FNO2. The summed E-state index contributed by atoms with van der Waals surface area (Å²) < 4.78 is 12.6. The highest BCUT2D eigenvalue weighted by Gasteiger charge is 2.25. The average molecular weight is 305 g/mol. The Hall–Kier alpha value is -2.41. The monoisotopic (exact) mass is 305 g/mol. The molecular weight excluding hydrogens is 281 g/mol. The van der Waals surface area contributed by atoms with Crippen molar-refractivity contribution in [3.63, 3.8) is 0 Å². The quantitative estimate of drug-likeness (QED) is 0.486. The third-order valence-electron chi connectivity index (χ3n) is 2.76.